The Labute approximate surface area is 141 Å². The number of carbonyl (C=O) groups is 2. The van der Waals surface area contributed by atoms with Crippen LogP contribution in [0.2, 0.25) is 0 Å². The molecule has 0 amide bonds. The summed E-state index contributed by atoms with van der Waals surface area (Å²) in [5.74, 6) is -0.660. The minimum Gasteiger partial charge on any atom is -0.496 e. The molecular formula is C18H23NO5. The summed E-state index contributed by atoms with van der Waals surface area (Å²) in [5.41, 5.74) is 10.3. The maximum Gasteiger partial charge on any atom is 0.341 e. The number of anilines is 1. The van der Waals surface area contributed by atoms with Crippen LogP contribution in [0.4, 0.5) is 5.69 Å². The molecule has 1 unspecified atom stereocenters. The molecule has 1 aliphatic rings. The third kappa shape index (κ3) is 3.22. The second-order valence-corrected chi connectivity index (χ2v) is 6.13. The number of cyclic esters (lactones) is 1. The van der Waals surface area contributed by atoms with Crippen molar-refractivity contribution in [1.82, 2.24) is 0 Å². The Balaban J connectivity index is 2.40. The Hall–Kier alpha value is -2.50. The Morgan fingerprint density at radius 1 is 1.50 bits per heavy atom. The first kappa shape index (κ1) is 17.8. The summed E-state index contributed by atoms with van der Waals surface area (Å²) in [6.07, 6.45) is 2.48. The molecule has 24 heavy (non-hydrogen) atoms. The summed E-state index contributed by atoms with van der Waals surface area (Å²) in [5, 5.41) is 8.90. The molecule has 0 bridgehead atoms. The molecule has 1 heterocycles. The number of benzene rings is 1. The van der Waals surface area contributed by atoms with E-state index in [9.17, 15) is 9.59 Å². The van der Waals surface area contributed by atoms with Crippen molar-refractivity contribution in [3.63, 3.8) is 0 Å². The smallest absolute Gasteiger partial charge is 0.341 e. The maximum atomic E-state index is 11.9. The molecule has 6 heteroatoms. The summed E-state index contributed by atoms with van der Waals surface area (Å²) < 4.78 is 10.6. The quantitative estimate of drug-likeness (QED) is 0.472. The van der Waals surface area contributed by atoms with Gasteiger partial charge in [0.1, 0.15) is 12.4 Å². The second kappa shape index (κ2) is 6.95. The summed E-state index contributed by atoms with van der Waals surface area (Å²) in [4.78, 5) is 22.8. The number of methoxy groups -OCH3 is 1. The van der Waals surface area contributed by atoms with Crippen LogP contribution in [-0.2, 0) is 22.6 Å². The highest BCUT2D eigenvalue weighted by Gasteiger charge is 2.30. The molecule has 0 aromatic heterocycles. The van der Waals surface area contributed by atoms with Gasteiger partial charge >= 0.3 is 11.9 Å². The first-order valence-corrected chi connectivity index (χ1v) is 7.81. The van der Waals surface area contributed by atoms with Crippen molar-refractivity contribution in [2.45, 2.75) is 40.2 Å². The van der Waals surface area contributed by atoms with Gasteiger partial charge in [-0.1, -0.05) is 18.6 Å². The number of aliphatic carboxylic acids is 1. The summed E-state index contributed by atoms with van der Waals surface area (Å²) in [7, 11) is 1.57. The zero-order chi connectivity index (χ0) is 18.0. The van der Waals surface area contributed by atoms with E-state index < -0.39 is 11.9 Å². The fraction of sp³-hybridized carbons (Fsp3) is 0.444. The minimum absolute atomic E-state index is 0.0739. The Morgan fingerprint density at radius 2 is 2.17 bits per heavy atom. The van der Waals surface area contributed by atoms with Crippen LogP contribution in [0.5, 0.6) is 5.75 Å². The summed E-state index contributed by atoms with van der Waals surface area (Å²) in [6, 6.07) is 0. The Morgan fingerprint density at radius 3 is 2.75 bits per heavy atom. The van der Waals surface area contributed by atoms with Crippen LogP contribution in [0.25, 0.3) is 0 Å². The second-order valence-electron chi connectivity index (χ2n) is 6.13. The van der Waals surface area contributed by atoms with E-state index in [2.05, 4.69) is 0 Å². The fourth-order valence-electron chi connectivity index (χ4n) is 2.98. The van der Waals surface area contributed by atoms with Gasteiger partial charge in [-0.05, 0) is 31.7 Å². The van der Waals surface area contributed by atoms with E-state index >= 15 is 0 Å². The third-order valence-electron chi connectivity index (χ3n) is 4.61. The highest BCUT2D eigenvalue weighted by Crippen LogP contribution is 2.39. The molecule has 1 aliphatic heterocycles. The molecule has 1 aromatic carbocycles. The number of ether oxygens (including phenoxy) is 2. The Kier molecular flexibility index (Phi) is 5.17. The molecule has 0 spiro atoms. The molecule has 1 atom stereocenters. The van der Waals surface area contributed by atoms with Gasteiger partial charge in [0.2, 0.25) is 0 Å². The van der Waals surface area contributed by atoms with Crippen LogP contribution in [0.3, 0.4) is 0 Å². The highest BCUT2D eigenvalue weighted by atomic mass is 16.5. The zero-order valence-corrected chi connectivity index (χ0v) is 14.4. The topological polar surface area (TPSA) is 98.9 Å². The number of hydrogen-bond acceptors (Lipinski definition) is 5. The number of rotatable bonds is 6. The van der Waals surface area contributed by atoms with Crippen molar-refractivity contribution < 1.29 is 24.2 Å². The highest BCUT2D eigenvalue weighted by molar-refractivity contribution is 6.00. The molecule has 0 aliphatic carbocycles. The largest absolute Gasteiger partial charge is 0.496 e. The minimum atomic E-state index is -0.830. The third-order valence-corrected chi connectivity index (χ3v) is 4.61. The van der Waals surface area contributed by atoms with Gasteiger partial charge in [0, 0.05) is 11.1 Å². The first-order chi connectivity index (χ1) is 11.3. The van der Waals surface area contributed by atoms with E-state index in [1.807, 2.05) is 26.8 Å². The molecule has 0 radical (unpaired) electrons. The van der Waals surface area contributed by atoms with Crippen molar-refractivity contribution in [3.8, 4) is 5.75 Å². The fourth-order valence-corrected chi connectivity index (χ4v) is 2.98. The van der Waals surface area contributed by atoms with Crippen LogP contribution in [0.1, 0.15) is 47.3 Å². The summed E-state index contributed by atoms with van der Waals surface area (Å²) in [6.45, 7) is 5.86. The molecule has 3 N–H and O–H groups in total. The average Bonchev–Trinajstić information content (AvgIpc) is 2.90. The van der Waals surface area contributed by atoms with Gasteiger partial charge in [-0.2, -0.15) is 0 Å². The standard InChI is InChI=1S/C18H23NO5/c1-9(10(2)7-14(20)21)5-6-12-16(19)15-13(8-24-18(15)22)11(3)17(12)23-4/h5,10H,6-8,19H2,1-4H3,(H,20,21). The lowest BCUT2D eigenvalue weighted by molar-refractivity contribution is -0.137. The van der Waals surface area contributed by atoms with E-state index in [-0.39, 0.29) is 18.9 Å². The molecular weight excluding hydrogens is 310 g/mol. The van der Waals surface area contributed by atoms with Gasteiger partial charge in [-0.25, -0.2) is 4.79 Å². The van der Waals surface area contributed by atoms with E-state index in [1.165, 1.54) is 0 Å². The molecule has 2 rings (SSSR count). The van der Waals surface area contributed by atoms with Crippen LogP contribution in [0.15, 0.2) is 11.6 Å². The number of nitrogens with two attached hydrogens (primary N) is 1. The zero-order valence-electron chi connectivity index (χ0n) is 14.4. The lowest BCUT2D eigenvalue weighted by Gasteiger charge is -2.17. The number of nitrogen functional groups attached to an aromatic ring is 1. The van der Waals surface area contributed by atoms with Gasteiger partial charge < -0.3 is 20.3 Å². The van der Waals surface area contributed by atoms with Gasteiger partial charge in [-0.3, -0.25) is 4.79 Å². The van der Waals surface area contributed by atoms with Gasteiger partial charge in [0.15, 0.2) is 0 Å². The molecule has 0 saturated heterocycles. The summed E-state index contributed by atoms with van der Waals surface area (Å²) >= 11 is 0. The van der Waals surface area contributed by atoms with E-state index in [4.69, 9.17) is 20.3 Å². The molecule has 0 fully saturated rings. The maximum absolute atomic E-state index is 11.9. The van der Waals surface area contributed by atoms with E-state index in [0.717, 1.165) is 22.3 Å². The molecule has 6 nitrogen and oxygen atoms in total. The SMILES string of the molecule is COc1c(C)c2c(c(N)c1CC=C(C)C(C)CC(=O)O)C(=O)OC2. The molecule has 0 saturated carbocycles. The normalized spacial score (nSPS) is 15.0. The van der Waals surface area contributed by atoms with Gasteiger partial charge in [-0.15, -0.1) is 0 Å². The predicted octanol–water partition coefficient (Wildman–Crippen LogP) is 2.86. The van der Waals surface area contributed by atoms with Crippen molar-refractivity contribution in [2.75, 3.05) is 12.8 Å². The number of esters is 1. The number of allylic oxidation sites excluding steroid dienone is 2. The van der Waals surface area contributed by atoms with Crippen LogP contribution in [0, 0.1) is 12.8 Å². The molecule has 130 valence electrons. The van der Waals surface area contributed by atoms with E-state index in [0.29, 0.717) is 23.4 Å². The van der Waals surface area contributed by atoms with Crippen LogP contribution in [-0.4, -0.2) is 24.2 Å². The van der Waals surface area contributed by atoms with Crippen molar-refractivity contribution in [2.24, 2.45) is 5.92 Å². The molecule has 1 aromatic rings. The van der Waals surface area contributed by atoms with E-state index in [1.54, 1.807) is 7.11 Å². The predicted molar refractivity (Wildman–Crippen MR) is 90.1 cm³/mol. The average molecular weight is 333 g/mol. The lowest BCUT2D eigenvalue weighted by Crippen LogP contribution is -2.09. The van der Waals surface area contributed by atoms with Crippen LogP contribution >= 0.6 is 0 Å². The van der Waals surface area contributed by atoms with Gasteiger partial charge in [0.05, 0.1) is 24.8 Å². The number of fused-ring (bicyclic) bond motifs is 1. The monoisotopic (exact) mass is 333 g/mol. The number of hydrogen-bond donors (Lipinski definition) is 2. The Bertz CT molecular complexity index is 721. The van der Waals surface area contributed by atoms with Gasteiger partial charge in [0.25, 0.3) is 0 Å². The van der Waals surface area contributed by atoms with Crippen molar-refractivity contribution in [3.05, 3.63) is 33.9 Å². The van der Waals surface area contributed by atoms with Crippen LogP contribution < -0.4 is 10.5 Å². The lowest BCUT2D eigenvalue weighted by atomic mass is 9.92. The first-order valence-electron chi connectivity index (χ1n) is 7.81. The van der Waals surface area contributed by atoms with Crippen molar-refractivity contribution in [1.29, 1.82) is 0 Å². The number of carboxylic acids is 1. The van der Waals surface area contributed by atoms with Crippen molar-refractivity contribution >= 4 is 17.6 Å². The number of carbonyl (C=O) groups excluding carboxylic acids is 1. The number of carboxylic acid groups (broad SMARTS) is 1.